The molecule has 2 rings (SSSR count). The normalized spacial score (nSPS) is 20.1. The first-order valence-corrected chi connectivity index (χ1v) is 6.17. The maximum absolute atomic E-state index is 8.77. The maximum Gasteiger partial charge on any atom is 0.142 e. The van der Waals surface area contributed by atoms with E-state index in [1.807, 2.05) is 6.07 Å². The SMILES string of the molecule is CCN1CCCC1CNc1ccnc(C#N)c1. The van der Waals surface area contributed by atoms with Gasteiger partial charge in [0.15, 0.2) is 0 Å². The average Bonchev–Trinajstić information content (AvgIpc) is 2.84. The van der Waals surface area contributed by atoms with E-state index in [0.717, 1.165) is 18.8 Å². The largest absolute Gasteiger partial charge is 0.383 e. The number of rotatable bonds is 4. The summed E-state index contributed by atoms with van der Waals surface area (Å²) in [6.45, 7) is 5.48. The summed E-state index contributed by atoms with van der Waals surface area (Å²) < 4.78 is 0. The molecule has 1 N–H and O–H groups in total. The highest BCUT2D eigenvalue weighted by Gasteiger charge is 2.22. The van der Waals surface area contributed by atoms with Crippen LogP contribution in [-0.2, 0) is 0 Å². The van der Waals surface area contributed by atoms with Crippen LogP contribution in [0.25, 0.3) is 0 Å². The van der Waals surface area contributed by atoms with E-state index in [9.17, 15) is 0 Å². The van der Waals surface area contributed by atoms with Crippen molar-refractivity contribution in [3.63, 3.8) is 0 Å². The van der Waals surface area contributed by atoms with Crippen molar-refractivity contribution in [3.8, 4) is 6.07 Å². The number of aromatic nitrogens is 1. The first-order valence-electron chi connectivity index (χ1n) is 6.17. The Bertz CT molecular complexity index is 410. The third-order valence-electron chi connectivity index (χ3n) is 3.32. The van der Waals surface area contributed by atoms with E-state index >= 15 is 0 Å². The molecule has 4 nitrogen and oxygen atoms in total. The van der Waals surface area contributed by atoms with Crippen LogP contribution in [0.4, 0.5) is 5.69 Å². The second-order valence-corrected chi connectivity index (χ2v) is 4.35. The van der Waals surface area contributed by atoms with Gasteiger partial charge in [0.1, 0.15) is 11.8 Å². The minimum Gasteiger partial charge on any atom is -0.383 e. The third kappa shape index (κ3) is 2.95. The smallest absolute Gasteiger partial charge is 0.142 e. The highest BCUT2D eigenvalue weighted by molar-refractivity contribution is 5.45. The predicted octanol–water partition coefficient (Wildman–Crippen LogP) is 1.85. The van der Waals surface area contributed by atoms with Crippen molar-refractivity contribution in [3.05, 3.63) is 24.0 Å². The molecule has 1 atom stereocenters. The van der Waals surface area contributed by atoms with Gasteiger partial charge in [-0.3, -0.25) is 4.90 Å². The fourth-order valence-electron chi connectivity index (χ4n) is 2.38. The zero-order chi connectivity index (χ0) is 12.1. The molecule has 2 heterocycles. The number of pyridine rings is 1. The number of likely N-dealkylation sites (tertiary alicyclic amines) is 1. The van der Waals surface area contributed by atoms with Gasteiger partial charge in [-0.1, -0.05) is 6.92 Å². The van der Waals surface area contributed by atoms with E-state index in [0.29, 0.717) is 11.7 Å². The van der Waals surface area contributed by atoms with Crippen LogP contribution in [0.5, 0.6) is 0 Å². The average molecular weight is 230 g/mol. The highest BCUT2D eigenvalue weighted by Crippen LogP contribution is 2.17. The molecule has 0 saturated carbocycles. The summed E-state index contributed by atoms with van der Waals surface area (Å²) >= 11 is 0. The van der Waals surface area contributed by atoms with E-state index in [4.69, 9.17) is 5.26 Å². The lowest BCUT2D eigenvalue weighted by Crippen LogP contribution is -2.34. The number of likely N-dealkylation sites (N-methyl/N-ethyl adjacent to an activating group) is 1. The Morgan fingerprint density at radius 1 is 1.65 bits per heavy atom. The van der Waals surface area contributed by atoms with Crippen LogP contribution in [0.2, 0.25) is 0 Å². The number of nitriles is 1. The van der Waals surface area contributed by atoms with Crippen LogP contribution in [0, 0.1) is 11.3 Å². The van der Waals surface area contributed by atoms with E-state index in [2.05, 4.69) is 28.2 Å². The predicted molar refractivity (Wildman–Crippen MR) is 67.7 cm³/mol. The van der Waals surface area contributed by atoms with Gasteiger partial charge >= 0.3 is 0 Å². The number of hydrogen-bond acceptors (Lipinski definition) is 4. The highest BCUT2D eigenvalue weighted by atomic mass is 15.2. The quantitative estimate of drug-likeness (QED) is 0.857. The summed E-state index contributed by atoms with van der Waals surface area (Å²) in [6.07, 6.45) is 4.23. The minimum absolute atomic E-state index is 0.466. The van der Waals surface area contributed by atoms with Gasteiger partial charge in [-0.2, -0.15) is 5.26 Å². The van der Waals surface area contributed by atoms with Gasteiger partial charge in [-0.25, -0.2) is 4.98 Å². The fraction of sp³-hybridized carbons (Fsp3) is 0.538. The van der Waals surface area contributed by atoms with E-state index < -0.39 is 0 Å². The van der Waals surface area contributed by atoms with Gasteiger partial charge < -0.3 is 5.32 Å². The molecule has 17 heavy (non-hydrogen) atoms. The first kappa shape index (κ1) is 11.9. The van der Waals surface area contributed by atoms with Gasteiger partial charge in [0.2, 0.25) is 0 Å². The molecule has 1 fully saturated rings. The van der Waals surface area contributed by atoms with Gasteiger partial charge in [0, 0.05) is 24.5 Å². The molecule has 4 heteroatoms. The molecule has 0 bridgehead atoms. The zero-order valence-corrected chi connectivity index (χ0v) is 10.2. The van der Waals surface area contributed by atoms with Crippen molar-refractivity contribution in [1.29, 1.82) is 5.26 Å². The van der Waals surface area contributed by atoms with Crippen LogP contribution < -0.4 is 5.32 Å². The fourth-order valence-corrected chi connectivity index (χ4v) is 2.38. The Morgan fingerprint density at radius 2 is 2.53 bits per heavy atom. The summed E-state index contributed by atoms with van der Waals surface area (Å²) in [5.41, 5.74) is 1.45. The molecular weight excluding hydrogens is 212 g/mol. The van der Waals surface area contributed by atoms with E-state index in [1.54, 1.807) is 12.3 Å². The molecule has 0 aromatic carbocycles. The third-order valence-corrected chi connectivity index (χ3v) is 3.32. The Morgan fingerprint density at radius 3 is 3.29 bits per heavy atom. The van der Waals surface area contributed by atoms with Crippen molar-refractivity contribution in [2.45, 2.75) is 25.8 Å². The lowest BCUT2D eigenvalue weighted by molar-refractivity contribution is 0.277. The molecule has 1 aliphatic rings. The number of nitrogens with zero attached hydrogens (tertiary/aromatic N) is 3. The van der Waals surface area contributed by atoms with Crippen molar-refractivity contribution in [2.75, 3.05) is 25.0 Å². The standard InChI is InChI=1S/C13H18N4/c1-2-17-7-3-4-13(17)10-16-11-5-6-15-12(8-11)9-14/h5-6,8,13H,2-4,7,10H2,1H3,(H,15,16). The Kier molecular flexibility index (Phi) is 3.94. The zero-order valence-electron chi connectivity index (χ0n) is 10.2. The second kappa shape index (κ2) is 5.65. The number of anilines is 1. The molecular formula is C13H18N4. The molecule has 1 aliphatic heterocycles. The monoisotopic (exact) mass is 230 g/mol. The summed E-state index contributed by atoms with van der Waals surface area (Å²) in [6, 6.07) is 6.38. The van der Waals surface area contributed by atoms with Gasteiger partial charge in [0.25, 0.3) is 0 Å². The lowest BCUT2D eigenvalue weighted by atomic mass is 10.2. The second-order valence-electron chi connectivity index (χ2n) is 4.35. The van der Waals surface area contributed by atoms with E-state index in [1.165, 1.54) is 19.4 Å². The van der Waals surface area contributed by atoms with Gasteiger partial charge in [-0.05, 0) is 38.1 Å². The topological polar surface area (TPSA) is 52.0 Å². The lowest BCUT2D eigenvalue weighted by Gasteiger charge is -2.23. The van der Waals surface area contributed by atoms with E-state index in [-0.39, 0.29) is 0 Å². The minimum atomic E-state index is 0.466. The van der Waals surface area contributed by atoms with Gasteiger partial charge in [-0.15, -0.1) is 0 Å². The Labute approximate surface area is 102 Å². The number of nitrogens with one attached hydrogen (secondary N) is 1. The Balaban J connectivity index is 1.91. The first-order chi connectivity index (χ1) is 8.33. The van der Waals surface area contributed by atoms with Crippen LogP contribution in [0.15, 0.2) is 18.3 Å². The summed E-state index contributed by atoms with van der Waals surface area (Å²) in [5.74, 6) is 0. The molecule has 1 unspecified atom stereocenters. The van der Waals surface area contributed by atoms with Crippen LogP contribution in [0.1, 0.15) is 25.5 Å². The van der Waals surface area contributed by atoms with Crippen molar-refractivity contribution in [1.82, 2.24) is 9.88 Å². The molecule has 1 aromatic heterocycles. The van der Waals surface area contributed by atoms with Crippen molar-refractivity contribution >= 4 is 5.69 Å². The summed E-state index contributed by atoms with van der Waals surface area (Å²) in [4.78, 5) is 6.46. The van der Waals surface area contributed by atoms with Crippen molar-refractivity contribution in [2.24, 2.45) is 0 Å². The van der Waals surface area contributed by atoms with Gasteiger partial charge in [0.05, 0.1) is 0 Å². The Hall–Kier alpha value is -1.60. The van der Waals surface area contributed by atoms with Crippen LogP contribution >= 0.6 is 0 Å². The van der Waals surface area contributed by atoms with Crippen LogP contribution in [0.3, 0.4) is 0 Å². The molecule has 90 valence electrons. The summed E-state index contributed by atoms with van der Waals surface area (Å²) in [7, 11) is 0. The van der Waals surface area contributed by atoms with Crippen LogP contribution in [-0.4, -0.2) is 35.6 Å². The van der Waals surface area contributed by atoms with Crippen molar-refractivity contribution < 1.29 is 0 Å². The maximum atomic E-state index is 8.77. The molecule has 0 aliphatic carbocycles. The molecule has 1 saturated heterocycles. The number of hydrogen-bond donors (Lipinski definition) is 1. The molecule has 1 aromatic rings. The molecule has 0 spiro atoms. The molecule has 0 amide bonds. The summed E-state index contributed by atoms with van der Waals surface area (Å²) in [5, 5.41) is 12.2. The molecule has 0 radical (unpaired) electrons.